The summed E-state index contributed by atoms with van der Waals surface area (Å²) < 4.78 is 26.0. The molecule has 1 N–H and O–H groups in total. The van der Waals surface area contributed by atoms with Crippen molar-refractivity contribution in [1.29, 1.82) is 0 Å². The molecule has 1 amide bonds. The van der Waals surface area contributed by atoms with Gasteiger partial charge in [0.05, 0.1) is 0 Å². The molecule has 2 aromatic carbocycles. The summed E-state index contributed by atoms with van der Waals surface area (Å²) in [6, 6.07) is 10.3. The first-order valence-electron chi connectivity index (χ1n) is 5.19. The quantitative estimate of drug-likeness (QED) is 0.829. The highest BCUT2D eigenvalue weighted by molar-refractivity contribution is 7.67. The Bertz CT molecular complexity index is 671. The maximum absolute atomic E-state index is 11.0. The van der Waals surface area contributed by atoms with Crippen LogP contribution in [0.3, 0.4) is 0 Å². The van der Waals surface area contributed by atoms with Gasteiger partial charge >= 0.3 is 0 Å². The average Bonchev–Trinajstić information content (AvgIpc) is 2.28. The maximum Gasteiger partial charge on any atom is 0.299 e. The first-order valence-corrected chi connectivity index (χ1v) is 6.28. The van der Waals surface area contributed by atoms with Gasteiger partial charge in [-0.25, -0.2) is 0 Å². The second-order valence-corrected chi connectivity index (χ2v) is 4.32. The lowest BCUT2D eigenvalue weighted by Crippen LogP contribution is -2.05. The fourth-order valence-electron chi connectivity index (χ4n) is 1.68. The Balaban J connectivity index is 2.54. The summed E-state index contributed by atoms with van der Waals surface area (Å²) >= 11 is 0. The predicted octanol–water partition coefficient (Wildman–Crippen LogP) is 1.70. The molecule has 18 heavy (non-hydrogen) atoms. The number of hydrogen-bond donors (Lipinski definition) is 2. The Kier molecular flexibility index (Phi) is 3.47. The Morgan fingerprint density at radius 3 is 2.67 bits per heavy atom. The zero-order valence-electron chi connectivity index (χ0n) is 9.54. The van der Waals surface area contributed by atoms with Crippen LogP contribution in [0.25, 0.3) is 10.8 Å². The van der Waals surface area contributed by atoms with E-state index in [-0.39, 0.29) is 11.7 Å². The lowest BCUT2D eigenvalue weighted by Gasteiger charge is -2.07. The van der Waals surface area contributed by atoms with Gasteiger partial charge < -0.3 is 9.50 Å². The lowest BCUT2D eigenvalue weighted by atomic mass is 10.1. The van der Waals surface area contributed by atoms with Gasteiger partial charge in [0.15, 0.2) is 0 Å². The van der Waals surface area contributed by atoms with E-state index in [9.17, 15) is 13.2 Å². The molecule has 0 aromatic heterocycles. The second kappa shape index (κ2) is 5.05. The smallest absolute Gasteiger partial charge is 0.299 e. The van der Waals surface area contributed by atoms with Crippen LogP contribution in [-0.4, -0.2) is 14.3 Å². The van der Waals surface area contributed by atoms with Crippen molar-refractivity contribution in [2.45, 2.75) is 6.92 Å². The minimum Gasteiger partial charge on any atom is -0.384 e. The van der Waals surface area contributed by atoms with Crippen molar-refractivity contribution in [2.24, 2.45) is 0 Å². The van der Waals surface area contributed by atoms with Crippen LogP contribution in [0.1, 0.15) is 6.92 Å². The van der Waals surface area contributed by atoms with Crippen LogP contribution in [0.5, 0.6) is 5.75 Å². The highest BCUT2D eigenvalue weighted by Gasteiger charge is 2.05. The number of fused-ring (bicyclic) bond motifs is 1. The van der Waals surface area contributed by atoms with Gasteiger partial charge in [0, 0.05) is 18.0 Å². The summed E-state index contributed by atoms with van der Waals surface area (Å²) in [6.45, 7) is 1.40. The van der Waals surface area contributed by atoms with E-state index in [1.807, 2.05) is 6.07 Å². The number of hydrogen-bond acceptors (Lipinski definition) is 4. The number of benzene rings is 2. The van der Waals surface area contributed by atoms with Crippen LogP contribution in [0.2, 0.25) is 0 Å². The Morgan fingerprint density at radius 1 is 1.22 bits per heavy atom. The first kappa shape index (κ1) is 12.4. The molecular formula is C12H11NO4S. The van der Waals surface area contributed by atoms with E-state index in [4.69, 9.17) is 4.18 Å². The number of rotatable bonds is 3. The van der Waals surface area contributed by atoms with Gasteiger partial charge in [-0.1, -0.05) is 18.2 Å². The normalized spacial score (nSPS) is 10.6. The zero-order chi connectivity index (χ0) is 13.1. The molecule has 2 rings (SSSR count). The monoisotopic (exact) mass is 265 g/mol. The molecule has 5 nitrogen and oxygen atoms in total. The molecule has 0 saturated carbocycles. The van der Waals surface area contributed by atoms with Crippen LogP contribution in [0, 0.1) is 0 Å². The van der Waals surface area contributed by atoms with E-state index in [2.05, 4.69) is 5.32 Å². The van der Waals surface area contributed by atoms with Crippen molar-refractivity contribution >= 4 is 33.4 Å². The molecule has 94 valence electrons. The third kappa shape index (κ3) is 2.78. The summed E-state index contributed by atoms with van der Waals surface area (Å²) in [5, 5.41) is 4.09. The predicted molar refractivity (Wildman–Crippen MR) is 69.2 cm³/mol. The molecule has 0 unspecified atom stereocenters. The molecule has 0 aliphatic carbocycles. The summed E-state index contributed by atoms with van der Waals surface area (Å²) in [5.74, 6) is 0.0541. The molecule has 0 atom stereocenters. The third-order valence-electron chi connectivity index (χ3n) is 2.34. The van der Waals surface area contributed by atoms with E-state index in [0.29, 0.717) is 11.1 Å². The molecule has 0 saturated heterocycles. The molecule has 0 radical (unpaired) electrons. The SMILES string of the molecule is CC(=O)Nc1ccc2cccc(O[SH](=O)=O)c2c1. The third-order valence-corrected chi connectivity index (χ3v) is 2.68. The standard InChI is InChI=1S/C12H11NO4S/c1-8(14)13-10-6-5-9-3-2-4-12(11(9)7-10)17-18(15)16/h2-7,18H,1H3,(H,13,14). The average molecular weight is 265 g/mol. The van der Waals surface area contributed by atoms with Gasteiger partial charge in [-0.15, -0.1) is 0 Å². The largest absolute Gasteiger partial charge is 0.384 e. The fourth-order valence-corrected chi connectivity index (χ4v) is 2.00. The second-order valence-electron chi connectivity index (χ2n) is 3.69. The molecule has 0 aliphatic rings. The molecule has 0 aliphatic heterocycles. The number of anilines is 1. The Hall–Kier alpha value is -2.08. The minimum atomic E-state index is -2.96. The molecule has 0 bridgehead atoms. The van der Waals surface area contributed by atoms with Crippen molar-refractivity contribution in [2.75, 3.05) is 5.32 Å². The van der Waals surface area contributed by atoms with Gasteiger partial charge in [0.25, 0.3) is 11.0 Å². The number of carbonyl (C=O) groups excluding carboxylic acids is 1. The van der Waals surface area contributed by atoms with E-state index in [1.165, 1.54) is 6.92 Å². The van der Waals surface area contributed by atoms with Crippen LogP contribution in [0.4, 0.5) is 5.69 Å². The van der Waals surface area contributed by atoms with Crippen molar-refractivity contribution < 1.29 is 17.4 Å². The first-order chi connectivity index (χ1) is 8.56. The van der Waals surface area contributed by atoms with E-state index in [1.54, 1.807) is 30.3 Å². The molecule has 6 heteroatoms. The number of thiol groups is 1. The number of amides is 1. The summed E-state index contributed by atoms with van der Waals surface area (Å²) in [5.41, 5.74) is 0.590. The van der Waals surface area contributed by atoms with Crippen molar-refractivity contribution in [3.8, 4) is 5.75 Å². The van der Waals surface area contributed by atoms with Crippen LogP contribution < -0.4 is 9.50 Å². The summed E-state index contributed by atoms with van der Waals surface area (Å²) in [7, 11) is -2.96. The molecule has 2 aromatic rings. The Labute approximate surface area is 106 Å². The highest BCUT2D eigenvalue weighted by Crippen LogP contribution is 2.28. The van der Waals surface area contributed by atoms with Crippen molar-refractivity contribution in [1.82, 2.24) is 0 Å². The van der Waals surface area contributed by atoms with Crippen LogP contribution in [-0.2, 0) is 15.8 Å². The lowest BCUT2D eigenvalue weighted by molar-refractivity contribution is -0.114. The maximum atomic E-state index is 11.0. The molecular weight excluding hydrogens is 254 g/mol. The molecule has 0 heterocycles. The zero-order valence-corrected chi connectivity index (χ0v) is 10.4. The van der Waals surface area contributed by atoms with E-state index < -0.39 is 11.0 Å². The van der Waals surface area contributed by atoms with Crippen LogP contribution >= 0.6 is 0 Å². The number of nitrogens with one attached hydrogen (secondary N) is 1. The number of carbonyl (C=O) groups is 1. The van der Waals surface area contributed by atoms with Gasteiger partial charge in [-0.2, -0.15) is 8.42 Å². The fraction of sp³-hybridized carbons (Fsp3) is 0.0833. The van der Waals surface area contributed by atoms with Gasteiger partial charge in [0.1, 0.15) is 5.75 Å². The summed E-state index contributed by atoms with van der Waals surface area (Å²) in [4.78, 5) is 11.0. The molecule has 0 fully saturated rings. The van der Waals surface area contributed by atoms with Crippen molar-refractivity contribution in [3.05, 3.63) is 36.4 Å². The topological polar surface area (TPSA) is 72.5 Å². The van der Waals surface area contributed by atoms with Crippen molar-refractivity contribution in [3.63, 3.8) is 0 Å². The van der Waals surface area contributed by atoms with Gasteiger partial charge in [-0.05, 0) is 23.6 Å². The molecule has 0 spiro atoms. The minimum absolute atomic E-state index is 0.192. The highest BCUT2D eigenvalue weighted by atomic mass is 32.2. The van der Waals surface area contributed by atoms with Crippen LogP contribution in [0.15, 0.2) is 36.4 Å². The van der Waals surface area contributed by atoms with Gasteiger partial charge in [-0.3, -0.25) is 4.79 Å². The van der Waals surface area contributed by atoms with Gasteiger partial charge in [0.2, 0.25) is 5.91 Å². The van der Waals surface area contributed by atoms with E-state index >= 15 is 0 Å². The Morgan fingerprint density at radius 2 is 2.00 bits per heavy atom. The summed E-state index contributed by atoms with van der Waals surface area (Å²) in [6.07, 6.45) is 0. The van der Waals surface area contributed by atoms with E-state index in [0.717, 1.165) is 5.39 Å².